The van der Waals surface area contributed by atoms with E-state index in [-0.39, 0.29) is 17.9 Å². The average Bonchev–Trinajstić information content (AvgIpc) is 2.79. The van der Waals surface area contributed by atoms with Crippen LogP contribution in [-0.4, -0.2) is 91.8 Å². The maximum Gasteiger partial charge on any atom is 0.176 e. The summed E-state index contributed by atoms with van der Waals surface area (Å²) in [6, 6.07) is 16.1. The Morgan fingerprint density at radius 1 is 0.625 bits per heavy atom. The smallest absolute Gasteiger partial charge is 0.176 e. The molecule has 2 fully saturated rings. The van der Waals surface area contributed by atoms with E-state index in [9.17, 15) is 4.79 Å². The second-order valence-corrected chi connectivity index (χ2v) is 10.8. The van der Waals surface area contributed by atoms with Crippen molar-refractivity contribution in [3.05, 3.63) is 68.6 Å². The topological polar surface area (TPSA) is 30.0 Å². The Kier molecular flexibility index (Phi) is 8.18. The predicted molar refractivity (Wildman–Crippen MR) is 137 cm³/mol. The second-order valence-electron chi connectivity index (χ2n) is 8.99. The first-order valence-electron chi connectivity index (χ1n) is 11.3. The summed E-state index contributed by atoms with van der Waals surface area (Å²) in [5.41, 5.74) is 2.16. The van der Waals surface area contributed by atoms with Crippen molar-refractivity contribution in [2.75, 3.05) is 66.5 Å². The summed E-state index contributed by atoms with van der Waals surface area (Å²) in [6.45, 7) is 7.54. The lowest BCUT2D eigenvalue weighted by Crippen LogP contribution is -2.52. The van der Waals surface area contributed by atoms with E-state index in [1.165, 1.54) is 0 Å². The third-order valence-corrected chi connectivity index (χ3v) is 7.77. The predicted octanol–water partition coefficient (Wildman–Crippen LogP) is 4.06. The van der Waals surface area contributed by atoms with Gasteiger partial charge in [0.1, 0.15) is 0 Å². The SMILES string of the molecule is CN1CCN(C(C(=O)C(c2ccc(Br)cc2)N2CCN(C)CC2)c2ccc(Br)cc2)CC1. The molecule has 4 rings (SSSR count). The molecular weight excluding hydrogens is 532 g/mol. The van der Waals surface area contributed by atoms with Crippen molar-refractivity contribution in [2.45, 2.75) is 12.1 Å². The van der Waals surface area contributed by atoms with Crippen molar-refractivity contribution in [3.8, 4) is 0 Å². The molecular formula is C25H32Br2N4O. The highest BCUT2D eigenvalue weighted by Crippen LogP contribution is 2.34. The highest BCUT2D eigenvalue weighted by molar-refractivity contribution is 9.10. The van der Waals surface area contributed by atoms with Gasteiger partial charge >= 0.3 is 0 Å². The number of benzene rings is 2. The van der Waals surface area contributed by atoms with Gasteiger partial charge in [-0.3, -0.25) is 14.6 Å². The van der Waals surface area contributed by atoms with E-state index < -0.39 is 0 Å². The summed E-state index contributed by atoms with van der Waals surface area (Å²) in [7, 11) is 4.31. The molecule has 7 heteroatoms. The van der Waals surface area contributed by atoms with Crippen LogP contribution >= 0.6 is 31.9 Å². The van der Waals surface area contributed by atoms with Crippen LogP contribution in [0.25, 0.3) is 0 Å². The van der Waals surface area contributed by atoms with Crippen molar-refractivity contribution < 1.29 is 4.79 Å². The van der Waals surface area contributed by atoms with Crippen LogP contribution in [0, 0.1) is 0 Å². The Morgan fingerprint density at radius 2 is 0.938 bits per heavy atom. The number of nitrogens with zero attached hydrogens (tertiary/aromatic N) is 4. The minimum Gasteiger partial charge on any atom is -0.304 e. The summed E-state index contributed by atoms with van der Waals surface area (Å²) in [5, 5.41) is 0. The molecule has 5 nitrogen and oxygen atoms in total. The van der Waals surface area contributed by atoms with Gasteiger partial charge < -0.3 is 9.80 Å². The Balaban J connectivity index is 1.71. The summed E-state index contributed by atoms with van der Waals surface area (Å²) in [4.78, 5) is 23.9. The monoisotopic (exact) mass is 562 g/mol. The molecule has 0 N–H and O–H groups in total. The zero-order valence-corrected chi connectivity index (χ0v) is 22.1. The number of halogens is 2. The van der Waals surface area contributed by atoms with Crippen LogP contribution in [0.15, 0.2) is 57.5 Å². The first-order chi connectivity index (χ1) is 15.4. The van der Waals surface area contributed by atoms with Crippen LogP contribution in [0.3, 0.4) is 0 Å². The molecule has 0 aliphatic carbocycles. The van der Waals surface area contributed by atoms with Crippen LogP contribution in [0.4, 0.5) is 0 Å². The molecule has 32 heavy (non-hydrogen) atoms. The molecule has 0 radical (unpaired) electrons. The fraction of sp³-hybridized carbons (Fsp3) is 0.480. The molecule has 2 atom stereocenters. The zero-order valence-electron chi connectivity index (χ0n) is 18.9. The van der Waals surface area contributed by atoms with Crippen LogP contribution in [-0.2, 0) is 4.79 Å². The molecule has 0 amide bonds. The number of hydrogen-bond acceptors (Lipinski definition) is 5. The molecule has 2 aromatic rings. The molecule has 2 aromatic carbocycles. The Labute approximate surface area is 208 Å². The molecule has 2 unspecified atom stereocenters. The van der Waals surface area contributed by atoms with Gasteiger partial charge in [0.25, 0.3) is 0 Å². The van der Waals surface area contributed by atoms with Crippen LogP contribution in [0.5, 0.6) is 0 Å². The number of ketones is 1. The van der Waals surface area contributed by atoms with Crippen LogP contribution in [0.1, 0.15) is 23.2 Å². The molecule has 172 valence electrons. The maximum atomic E-state index is 14.4. The Hall–Kier alpha value is -1.09. The third kappa shape index (κ3) is 5.69. The quantitative estimate of drug-likeness (QED) is 0.529. The lowest BCUT2D eigenvalue weighted by atomic mass is 9.90. The third-order valence-electron chi connectivity index (χ3n) is 6.72. The van der Waals surface area contributed by atoms with Gasteiger partial charge in [-0.1, -0.05) is 56.1 Å². The van der Waals surface area contributed by atoms with E-state index in [0.717, 1.165) is 72.4 Å². The molecule has 2 aliphatic heterocycles. The molecule has 2 aliphatic rings. The van der Waals surface area contributed by atoms with Crippen molar-refractivity contribution in [3.63, 3.8) is 0 Å². The summed E-state index contributed by atoms with van der Waals surface area (Å²) >= 11 is 7.11. The summed E-state index contributed by atoms with van der Waals surface area (Å²) < 4.78 is 2.07. The second kappa shape index (κ2) is 10.9. The zero-order chi connectivity index (χ0) is 22.7. The highest BCUT2D eigenvalue weighted by atomic mass is 79.9. The number of hydrogen-bond donors (Lipinski definition) is 0. The molecule has 0 bridgehead atoms. The minimum atomic E-state index is -0.245. The molecule has 0 spiro atoms. The van der Waals surface area contributed by atoms with E-state index >= 15 is 0 Å². The minimum absolute atomic E-state index is 0.245. The van der Waals surface area contributed by atoms with Crippen molar-refractivity contribution >= 4 is 37.6 Å². The van der Waals surface area contributed by atoms with Gasteiger partial charge in [0.05, 0.1) is 12.1 Å². The normalized spacial score (nSPS) is 21.4. The maximum absolute atomic E-state index is 14.4. The van der Waals surface area contributed by atoms with Gasteiger partial charge in [-0.2, -0.15) is 0 Å². The summed E-state index contributed by atoms with van der Waals surface area (Å²) in [5.74, 6) is 0.281. The van der Waals surface area contributed by atoms with Crippen molar-refractivity contribution in [1.29, 1.82) is 0 Å². The fourth-order valence-corrected chi connectivity index (χ4v) is 5.24. The lowest BCUT2D eigenvalue weighted by molar-refractivity contribution is -0.131. The first kappa shape index (κ1) is 24.0. The van der Waals surface area contributed by atoms with Gasteiger partial charge in [-0.05, 0) is 49.5 Å². The van der Waals surface area contributed by atoms with E-state index in [4.69, 9.17) is 0 Å². The summed E-state index contributed by atoms with van der Waals surface area (Å²) in [6.07, 6.45) is 0. The molecule has 2 heterocycles. The van der Waals surface area contributed by atoms with Gasteiger partial charge in [0.15, 0.2) is 5.78 Å². The number of carbonyl (C=O) groups is 1. The standard InChI is InChI=1S/C25H32Br2N4O/c1-28-11-15-30(16-12-28)23(19-3-7-21(26)8-4-19)25(32)24(20-5-9-22(27)10-6-20)31-17-13-29(2)14-18-31/h3-10,23-24H,11-18H2,1-2H3. The highest BCUT2D eigenvalue weighted by Gasteiger charge is 2.38. The average molecular weight is 564 g/mol. The number of rotatable bonds is 6. The fourth-order valence-electron chi connectivity index (χ4n) is 4.71. The van der Waals surface area contributed by atoms with E-state index in [2.05, 4.69) is 114 Å². The van der Waals surface area contributed by atoms with Crippen LogP contribution in [0.2, 0.25) is 0 Å². The Bertz CT molecular complexity index is 816. The van der Waals surface area contributed by atoms with E-state index in [1.54, 1.807) is 0 Å². The van der Waals surface area contributed by atoms with Crippen LogP contribution < -0.4 is 0 Å². The lowest BCUT2D eigenvalue weighted by Gasteiger charge is -2.42. The first-order valence-corrected chi connectivity index (χ1v) is 12.9. The number of Topliss-reactive ketones (excluding diaryl/α,β-unsaturated/α-hetero) is 1. The molecule has 0 aromatic heterocycles. The molecule has 0 saturated carbocycles. The van der Waals surface area contributed by atoms with E-state index in [0.29, 0.717) is 0 Å². The van der Waals surface area contributed by atoms with Gasteiger partial charge in [0.2, 0.25) is 0 Å². The number of likely N-dealkylation sites (N-methyl/N-ethyl adjacent to an activating group) is 2. The Morgan fingerprint density at radius 3 is 1.25 bits per heavy atom. The molecule has 2 saturated heterocycles. The van der Waals surface area contributed by atoms with Gasteiger partial charge in [0, 0.05) is 61.3 Å². The van der Waals surface area contributed by atoms with Crippen molar-refractivity contribution in [1.82, 2.24) is 19.6 Å². The number of piperazine rings is 2. The van der Waals surface area contributed by atoms with Gasteiger partial charge in [-0.25, -0.2) is 0 Å². The van der Waals surface area contributed by atoms with Crippen molar-refractivity contribution in [2.24, 2.45) is 0 Å². The largest absolute Gasteiger partial charge is 0.304 e. The van der Waals surface area contributed by atoms with E-state index in [1.807, 2.05) is 0 Å². The number of carbonyl (C=O) groups excluding carboxylic acids is 1. The van der Waals surface area contributed by atoms with Gasteiger partial charge in [-0.15, -0.1) is 0 Å².